The number of carbonyl (C=O) groups is 2. The summed E-state index contributed by atoms with van der Waals surface area (Å²) in [5.41, 5.74) is 1.90. The predicted molar refractivity (Wildman–Crippen MR) is 95.0 cm³/mol. The van der Waals surface area contributed by atoms with E-state index in [1.54, 1.807) is 22.4 Å². The fraction of sp³-hybridized carbons (Fsp3) is 0.471. The van der Waals surface area contributed by atoms with Gasteiger partial charge in [-0.25, -0.2) is 4.79 Å². The average molecular weight is 359 g/mol. The first-order valence-electron chi connectivity index (χ1n) is 8.60. The predicted octanol–water partition coefficient (Wildman–Crippen LogP) is 1.95. The highest BCUT2D eigenvalue weighted by molar-refractivity contribution is 7.13. The van der Waals surface area contributed by atoms with Crippen molar-refractivity contribution in [2.45, 2.75) is 31.8 Å². The number of urea groups is 1. The zero-order valence-corrected chi connectivity index (χ0v) is 14.6. The maximum Gasteiger partial charge on any atom is 0.317 e. The van der Waals surface area contributed by atoms with Crippen LogP contribution in [0.5, 0.6) is 0 Å². The normalized spacial score (nSPS) is 23.0. The van der Waals surface area contributed by atoms with Crippen LogP contribution in [-0.4, -0.2) is 46.2 Å². The van der Waals surface area contributed by atoms with Crippen LogP contribution in [0.1, 0.15) is 24.8 Å². The maximum absolute atomic E-state index is 12.6. The third kappa shape index (κ3) is 3.39. The number of carbonyl (C=O) groups excluding carboxylic acids is 2. The number of fused-ring (bicyclic) bond motifs is 3. The first kappa shape index (κ1) is 16.1. The average Bonchev–Trinajstić information content (AvgIpc) is 3.19. The van der Waals surface area contributed by atoms with Gasteiger partial charge in [0.2, 0.25) is 5.91 Å². The lowest BCUT2D eigenvalue weighted by molar-refractivity contribution is -0.124. The Bertz CT molecular complexity index is 757. The number of H-pyrrole nitrogens is 1. The lowest BCUT2D eigenvalue weighted by atomic mass is 9.99. The van der Waals surface area contributed by atoms with Crippen molar-refractivity contribution in [2.24, 2.45) is 5.92 Å². The molecule has 0 unspecified atom stereocenters. The molecule has 2 bridgehead atoms. The van der Waals surface area contributed by atoms with E-state index in [-0.39, 0.29) is 23.9 Å². The Balaban J connectivity index is 1.41. The first-order chi connectivity index (χ1) is 12.2. The van der Waals surface area contributed by atoms with Crippen molar-refractivity contribution in [1.29, 1.82) is 0 Å². The fourth-order valence-electron chi connectivity index (χ4n) is 3.58. The van der Waals surface area contributed by atoms with E-state index in [2.05, 4.69) is 20.8 Å². The summed E-state index contributed by atoms with van der Waals surface area (Å²) < 4.78 is 0. The van der Waals surface area contributed by atoms with E-state index in [0.29, 0.717) is 19.6 Å². The number of hydrogen-bond donors (Lipinski definition) is 3. The van der Waals surface area contributed by atoms with Crippen LogP contribution in [0.25, 0.3) is 10.6 Å². The minimum Gasteiger partial charge on any atom is -0.351 e. The maximum atomic E-state index is 12.6. The van der Waals surface area contributed by atoms with E-state index >= 15 is 0 Å². The quantitative estimate of drug-likeness (QED) is 0.782. The molecular weight excluding hydrogens is 338 g/mol. The van der Waals surface area contributed by atoms with Crippen molar-refractivity contribution in [3.8, 4) is 10.6 Å². The molecule has 7 nitrogen and oxygen atoms in total. The Morgan fingerprint density at radius 1 is 1.40 bits per heavy atom. The second kappa shape index (κ2) is 6.87. The van der Waals surface area contributed by atoms with Crippen LogP contribution in [0, 0.1) is 5.92 Å². The van der Waals surface area contributed by atoms with Gasteiger partial charge in [0.05, 0.1) is 22.7 Å². The van der Waals surface area contributed by atoms with Gasteiger partial charge in [0.25, 0.3) is 0 Å². The Hall–Kier alpha value is -2.35. The molecule has 2 saturated heterocycles. The van der Waals surface area contributed by atoms with E-state index in [9.17, 15) is 9.59 Å². The monoisotopic (exact) mass is 359 g/mol. The molecule has 3 N–H and O–H groups in total. The highest BCUT2D eigenvalue weighted by Gasteiger charge is 2.34. The molecule has 2 aliphatic heterocycles. The van der Waals surface area contributed by atoms with E-state index in [1.807, 2.05) is 17.5 Å². The molecule has 4 rings (SSSR count). The number of rotatable bonds is 3. The van der Waals surface area contributed by atoms with Gasteiger partial charge in [-0.2, -0.15) is 5.10 Å². The van der Waals surface area contributed by atoms with Crippen LogP contribution in [0.4, 0.5) is 4.79 Å². The van der Waals surface area contributed by atoms with Crippen molar-refractivity contribution in [2.75, 3.05) is 13.1 Å². The number of nitrogens with zero attached hydrogens (tertiary/aromatic N) is 2. The molecule has 2 fully saturated rings. The number of hydrogen-bond acceptors (Lipinski definition) is 4. The zero-order valence-electron chi connectivity index (χ0n) is 13.8. The number of thiophene rings is 1. The van der Waals surface area contributed by atoms with E-state index < -0.39 is 0 Å². The van der Waals surface area contributed by atoms with Gasteiger partial charge in [-0.3, -0.25) is 9.89 Å². The first-order valence-corrected chi connectivity index (χ1v) is 9.48. The van der Waals surface area contributed by atoms with Crippen LogP contribution in [-0.2, 0) is 11.3 Å². The number of amides is 3. The van der Waals surface area contributed by atoms with Gasteiger partial charge >= 0.3 is 6.03 Å². The molecular formula is C17H21N5O2S. The van der Waals surface area contributed by atoms with Crippen molar-refractivity contribution in [3.05, 3.63) is 29.3 Å². The molecule has 2 atom stereocenters. The molecule has 3 amide bonds. The van der Waals surface area contributed by atoms with Gasteiger partial charge in [-0.1, -0.05) is 12.5 Å². The molecule has 0 aromatic carbocycles. The summed E-state index contributed by atoms with van der Waals surface area (Å²) in [6.07, 6.45) is 4.59. The Morgan fingerprint density at radius 2 is 2.32 bits per heavy atom. The van der Waals surface area contributed by atoms with Gasteiger partial charge in [0.15, 0.2) is 0 Å². The lowest BCUT2D eigenvalue weighted by Gasteiger charge is -2.27. The van der Waals surface area contributed by atoms with E-state index in [1.165, 1.54) is 0 Å². The SMILES string of the molecule is O=C1N[C@H]2CCC[C@@H]1CN(C(=O)NCc1cn[nH]c1-c1cccs1)C2. The third-order valence-corrected chi connectivity index (χ3v) is 5.79. The standard InChI is InChI=1S/C17H21N5O2S/c23-16-11-3-1-4-13(20-16)10-22(9-11)17(24)18-7-12-8-19-21-15(12)14-5-2-6-25-14/h2,5-6,8,11,13H,1,3-4,7,9-10H2,(H,18,24)(H,19,21)(H,20,23)/t11-,13+/m1/s1. The van der Waals surface area contributed by atoms with Crippen molar-refractivity contribution in [1.82, 2.24) is 25.7 Å². The summed E-state index contributed by atoms with van der Waals surface area (Å²) in [6, 6.07) is 3.97. The lowest BCUT2D eigenvalue weighted by Crippen LogP contribution is -2.46. The van der Waals surface area contributed by atoms with Crippen molar-refractivity contribution in [3.63, 3.8) is 0 Å². The number of aromatic nitrogens is 2. The van der Waals surface area contributed by atoms with Gasteiger partial charge < -0.3 is 15.5 Å². The molecule has 8 heteroatoms. The summed E-state index contributed by atoms with van der Waals surface area (Å²) in [5, 5.41) is 15.1. The molecule has 0 radical (unpaired) electrons. The fourth-order valence-corrected chi connectivity index (χ4v) is 4.33. The van der Waals surface area contributed by atoms with E-state index in [4.69, 9.17) is 0 Å². The molecule has 0 aliphatic carbocycles. The number of nitrogens with one attached hydrogen (secondary N) is 3. The Morgan fingerprint density at radius 3 is 3.16 bits per heavy atom. The second-order valence-corrected chi connectivity index (χ2v) is 7.59. The van der Waals surface area contributed by atoms with Crippen LogP contribution >= 0.6 is 11.3 Å². The topological polar surface area (TPSA) is 90.1 Å². The second-order valence-electron chi connectivity index (χ2n) is 6.64. The summed E-state index contributed by atoms with van der Waals surface area (Å²) in [6.45, 7) is 1.49. The molecule has 2 aromatic rings. The zero-order chi connectivity index (χ0) is 17.2. The van der Waals surface area contributed by atoms with Crippen LogP contribution in [0.3, 0.4) is 0 Å². The number of aromatic amines is 1. The molecule has 4 heterocycles. The summed E-state index contributed by atoms with van der Waals surface area (Å²) in [7, 11) is 0. The highest BCUT2D eigenvalue weighted by Crippen LogP contribution is 2.26. The third-order valence-electron chi connectivity index (χ3n) is 4.91. The minimum absolute atomic E-state index is 0.0707. The minimum atomic E-state index is -0.119. The summed E-state index contributed by atoms with van der Waals surface area (Å²) >= 11 is 1.63. The van der Waals surface area contributed by atoms with Gasteiger partial charge in [0.1, 0.15) is 0 Å². The summed E-state index contributed by atoms with van der Waals surface area (Å²) in [4.78, 5) is 27.6. The van der Waals surface area contributed by atoms with Crippen molar-refractivity contribution < 1.29 is 9.59 Å². The van der Waals surface area contributed by atoms with Gasteiger partial charge in [-0.05, 0) is 24.3 Å². The smallest absolute Gasteiger partial charge is 0.317 e. The molecule has 0 saturated carbocycles. The van der Waals surface area contributed by atoms with Crippen molar-refractivity contribution >= 4 is 23.3 Å². The molecule has 25 heavy (non-hydrogen) atoms. The van der Waals surface area contributed by atoms with Gasteiger partial charge in [-0.15, -0.1) is 11.3 Å². The van der Waals surface area contributed by atoms with Crippen LogP contribution in [0.15, 0.2) is 23.7 Å². The molecule has 2 aromatic heterocycles. The van der Waals surface area contributed by atoms with E-state index in [0.717, 1.165) is 35.4 Å². The van der Waals surface area contributed by atoms with Crippen LogP contribution < -0.4 is 10.6 Å². The Kier molecular flexibility index (Phi) is 4.44. The largest absolute Gasteiger partial charge is 0.351 e. The van der Waals surface area contributed by atoms with Crippen LogP contribution in [0.2, 0.25) is 0 Å². The Labute approximate surface area is 149 Å². The molecule has 0 spiro atoms. The number of likely N-dealkylation sites (tertiary alicyclic amines) is 1. The molecule has 2 aliphatic rings. The summed E-state index contributed by atoms with van der Waals surface area (Å²) in [5.74, 6) is 0.00136. The van der Waals surface area contributed by atoms with Gasteiger partial charge in [0, 0.05) is 31.2 Å². The molecule has 132 valence electrons. The highest BCUT2D eigenvalue weighted by atomic mass is 32.1.